The van der Waals surface area contributed by atoms with Gasteiger partial charge in [0, 0.05) is 30.6 Å². The summed E-state index contributed by atoms with van der Waals surface area (Å²) in [6.07, 6.45) is 4.30. The van der Waals surface area contributed by atoms with Crippen molar-refractivity contribution in [1.82, 2.24) is 14.7 Å². The van der Waals surface area contributed by atoms with E-state index in [0.717, 1.165) is 29.1 Å². The normalized spacial score (nSPS) is 10.7. The summed E-state index contributed by atoms with van der Waals surface area (Å²) in [6.45, 7) is 3.86. The van der Waals surface area contributed by atoms with Crippen molar-refractivity contribution in [3.05, 3.63) is 53.5 Å². The SMILES string of the molecule is CCc1c(C)noc1NC(=O)c1ccccc1-c1nccn1C. The molecule has 1 amide bonds. The molecule has 118 valence electrons. The number of nitrogens with zero attached hydrogens (tertiary/aromatic N) is 3. The predicted molar refractivity (Wildman–Crippen MR) is 87.2 cm³/mol. The first-order chi connectivity index (χ1) is 11.1. The third-order valence-corrected chi connectivity index (χ3v) is 3.80. The first-order valence-electron chi connectivity index (χ1n) is 7.45. The number of imidazole rings is 1. The third-order valence-electron chi connectivity index (χ3n) is 3.80. The Morgan fingerprint density at radius 1 is 1.35 bits per heavy atom. The van der Waals surface area contributed by atoms with E-state index in [0.29, 0.717) is 11.4 Å². The molecule has 6 nitrogen and oxygen atoms in total. The second-order valence-corrected chi connectivity index (χ2v) is 5.29. The van der Waals surface area contributed by atoms with Gasteiger partial charge in [-0.05, 0) is 19.4 Å². The molecule has 2 aromatic heterocycles. The average molecular weight is 310 g/mol. The smallest absolute Gasteiger partial charge is 0.258 e. The van der Waals surface area contributed by atoms with Crippen molar-refractivity contribution in [2.75, 3.05) is 5.32 Å². The van der Waals surface area contributed by atoms with E-state index in [9.17, 15) is 4.79 Å². The lowest BCUT2D eigenvalue weighted by Crippen LogP contribution is -2.14. The molecule has 0 fully saturated rings. The molecule has 1 N–H and O–H groups in total. The Hall–Kier alpha value is -2.89. The molecule has 6 heteroatoms. The zero-order chi connectivity index (χ0) is 16.4. The second kappa shape index (κ2) is 6.08. The number of carbonyl (C=O) groups is 1. The molecule has 0 atom stereocenters. The number of nitrogens with one attached hydrogen (secondary N) is 1. The third kappa shape index (κ3) is 2.75. The van der Waals surface area contributed by atoms with Gasteiger partial charge in [-0.15, -0.1) is 0 Å². The van der Waals surface area contributed by atoms with Crippen LogP contribution in [0.5, 0.6) is 0 Å². The van der Waals surface area contributed by atoms with Gasteiger partial charge in [0.25, 0.3) is 5.91 Å². The van der Waals surface area contributed by atoms with Crippen LogP contribution in [0.1, 0.15) is 28.5 Å². The summed E-state index contributed by atoms with van der Waals surface area (Å²) in [5, 5.41) is 6.73. The Balaban J connectivity index is 1.96. The predicted octanol–water partition coefficient (Wildman–Crippen LogP) is 3.20. The molecule has 1 aromatic carbocycles. The summed E-state index contributed by atoms with van der Waals surface area (Å²) < 4.78 is 7.11. The molecule has 0 saturated heterocycles. The Morgan fingerprint density at radius 2 is 2.13 bits per heavy atom. The van der Waals surface area contributed by atoms with Gasteiger partial charge >= 0.3 is 0 Å². The maximum absolute atomic E-state index is 12.7. The van der Waals surface area contributed by atoms with Crippen LogP contribution in [0, 0.1) is 6.92 Å². The molecule has 0 aliphatic rings. The molecule has 0 aliphatic carbocycles. The van der Waals surface area contributed by atoms with Gasteiger partial charge in [0.1, 0.15) is 5.82 Å². The summed E-state index contributed by atoms with van der Waals surface area (Å²) in [4.78, 5) is 17.0. The highest BCUT2D eigenvalue weighted by molar-refractivity contribution is 6.08. The molecule has 23 heavy (non-hydrogen) atoms. The van der Waals surface area contributed by atoms with Gasteiger partial charge in [-0.2, -0.15) is 0 Å². The zero-order valence-electron chi connectivity index (χ0n) is 13.3. The van der Waals surface area contributed by atoms with Gasteiger partial charge in [-0.1, -0.05) is 30.3 Å². The van der Waals surface area contributed by atoms with Crippen molar-refractivity contribution in [2.45, 2.75) is 20.3 Å². The van der Waals surface area contributed by atoms with E-state index < -0.39 is 0 Å². The van der Waals surface area contributed by atoms with E-state index in [1.165, 1.54) is 0 Å². The summed E-state index contributed by atoms with van der Waals surface area (Å²) in [5.41, 5.74) is 3.01. The van der Waals surface area contributed by atoms with Crippen molar-refractivity contribution in [3.63, 3.8) is 0 Å². The molecule has 2 heterocycles. The number of rotatable bonds is 4. The number of anilines is 1. The number of hydrogen-bond acceptors (Lipinski definition) is 4. The number of aromatic nitrogens is 3. The zero-order valence-corrected chi connectivity index (χ0v) is 13.3. The minimum Gasteiger partial charge on any atom is -0.338 e. The van der Waals surface area contributed by atoms with E-state index in [4.69, 9.17) is 4.52 Å². The number of amides is 1. The summed E-state index contributed by atoms with van der Waals surface area (Å²) in [6, 6.07) is 7.36. The van der Waals surface area contributed by atoms with Gasteiger partial charge in [0.15, 0.2) is 0 Å². The first-order valence-corrected chi connectivity index (χ1v) is 7.45. The first kappa shape index (κ1) is 15.0. The van der Waals surface area contributed by atoms with Crippen LogP contribution >= 0.6 is 0 Å². The molecule has 0 saturated carbocycles. The molecule has 0 spiro atoms. The van der Waals surface area contributed by atoms with Crippen molar-refractivity contribution < 1.29 is 9.32 Å². The molecular weight excluding hydrogens is 292 g/mol. The Labute approximate surface area is 134 Å². The number of aryl methyl sites for hydroxylation is 2. The van der Waals surface area contributed by atoms with Crippen LogP contribution in [0.25, 0.3) is 11.4 Å². The molecule has 3 aromatic rings. The minimum atomic E-state index is -0.241. The van der Waals surface area contributed by atoms with Crippen LogP contribution in [0.15, 0.2) is 41.2 Å². The fourth-order valence-corrected chi connectivity index (χ4v) is 2.57. The molecular formula is C17H18N4O2. The van der Waals surface area contributed by atoms with Crippen LogP contribution in [0.3, 0.4) is 0 Å². The van der Waals surface area contributed by atoms with Crippen LogP contribution in [-0.2, 0) is 13.5 Å². The summed E-state index contributed by atoms with van der Waals surface area (Å²) >= 11 is 0. The van der Waals surface area contributed by atoms with Crippen molar-refractivity contribution in [1.29, 1.82) is 0 Å². The largest absolute Gasteiger partial charge is 0.338 e. The van der Waals surface area contributed by atoms with Gasteiger partial charge in [-0.3, -0.25) is 10.1 Å². The fourth-order valence-electron chi connectivity index (χ4n) is 2.57. The van der Waals surface area contributed by atoms with E-state index in [1.54, 1.807) is 12.3 Å². The van der Waals surface area contributed by atoms with Gasteiger partial charge in [0.2, 0.25) is 5.88 Å². The molecule has 0 bridgehead atoms. The Bertz CT molecular complexity index is 848. The molecule has 0 unspecified atom stereocenters. The van der Waals surface area contributed by atoms with E-state index in [-0.39, 0.29) is 5.91 Å². The number of carbonyl (C=O) groups excluding carboxylic acids is 1. The highest BCUT2D eigenvalue weighted by Gasteiger charge is 2.19. The van der Waals surface area contributed by atoms with Crippen molar-refractivity contribution >= 4 is 11.8 Å². The van der Waals surface area contributed by atoms with Crippen LogP contribution in [0.2, 0.25) is 0 Å². The average Bonchev–Trinajstić information content (AvgIpc) is 3.13. The maximum Gasteiger partial charge on any atom is 0.258 e. The van der Waals surface area contributed by atoms with Crippen LogP contribution in [0.4, 0.5) is 5.88 Å². The van der Waals surface area contributed by atoms with Gasteiger partial charge in [-0.25, -0.2) is 4.98 Å². The van der Waals surface area contributed by atoms with Crippen LogP contribution in [-0.4, -0.2) is 20.6 Å². The van der Waals surface area contributed by atoms with E-state index in [2.05, 4.69) is 15.5 Å². The standard InChI is InChI=1S/C17H18N4O2/c1-4-12-11(2)20-23-17(12)19-16(22)14-8-6-5-7-13(14)15-18-9-10-21(15)3/h5-10H,4H2,1-3H3,(H,19,22). The molecule has 0 radical (unpaired) electrons. The summed E-state index contributed by atoms with van der Waals surface area (Å²) in [7, 11) is 1.89. The number of benzene rings is 1. The lowest BCUT2D eigenvalue weighted by Gasteiger charge is -2.09. The highest BCUT2D eigenvalue weighted by Crippen LogP contribution is 2.24. The molecule has 0 aliphatic heterocycles. The monoisotopic (exact) mass is 310 g/mol. The van der Waals surface area contributed by atoms with Crippen molar-refractivity contribution in [3.8, 4) is 11.4 Å². The lowest BCUT2D eigenvalue weighted by molar-refractivity contribution is 0.102. The topological polar surface area (TPSA) is 73.0 Å². The van der Waals surface area contributed by atoms with E-state index in [1.807, 2.05) is 49.9 Å². The maximum atomic E-state index is 12.7. The van der Waals surface area contributed by atoms with E-state index >= 15 is 0 Å². The van der Waals surface area contributed by atoms with Crippen molar-refractivity contribution in [2.24, 2.45) is 7.05 Å². The quantitative estimate of drug-likeness (QED) is 0.803. The molecule has 3 rings (SSSR count). The number of hydrogen-bond donors (Lipinski definition) is 1. The minimum absolute atomic E-state index is 0.241. The second-order valence-electron chi connectivity index (χ2n) is 5.29. The Kier molecular flexibility index (Phi) is 3.97. The lowest BCUT2D eigenvalue weighted by atomic mass is 10.1. The van der Waals surface area contributed by atoms with Gasteiger partial charge < -0.3 is 9.09 Å². The fraction of sp³-hybridized carbons (Fsp3) is 0.235. The highest BCUT2D eigenvalue weighted by atomic mass is 16.5. The van der Waals surface area contributed by atoms with Gasteiger partial charge in [0.05, 0.1) is 11.3 Å². The van der Waals surface area contributed by atoms with Crippen LogP contribution < -0.4 is 5.32 Å². The summed E-state index contributed by atoms with van der Waals surface area (Å²) in [5.74, 6) is 0.902. The Morgan fingerprint density at radius 3 is 2.83 bits per heavy atom.